The van der Waals surface area contributed by atoms with Crippen LogP contribution in [-0.4, -0.2) is 24.1 Å². The van der Waals surface area contributed by atoms with Crippen molar-refractivity contribution >= 4 is 11.3 Å². The molecule has 0 saturated heterocycles. The average Bonchev–Trinajstić information content (AvgIpc) is 2.82. The third-order valence-electron chi connectivity index (χ3n) is 3.01. The van der Waals surface area contributed by atoms with Crippen LogP contribution in [0.25, 0.3) is 0 Å². The zero-order valence-corrected chi connectivity index (χ0v) is 13.1. The summed E-state index contributed by atoms with van der Waals surface area (Å²) in [4.78, 5) is 10.4. The molecule has 4 nitrogen and oxygen atoms in total. The summed E-state index contributed by atoms with van der Waals surface area (Å²) in [5.74, 6) is 0.649. The van der Waals surface area contributed by atoms with Crippen LogP contribution in [-0.2, 0) is 19.4 Å². The van der Waals surface area contributed by atoms with Gasteiger partial charge in [0.05, 0.1) is 17.8 Å². The van der Waals surface area contributed by atoms with E-state index in [-0.39, 0.29) is 0 Å². The molecule has 2 heterocycles. The van der Waals surface area contributed by atoms with Crippen LogP contribution in [0.2, 0.25) is 0 Å². The van der Waals surface area contributed by atoms with Gasteiger partial charge in [-0.25, -0.2) is 9.97 Å². The molecule has 2 aromatic heterocycles. The predicted molar refractivity (Wildman–Crippen MR) is 82.5 cm³/mol. The molecule has 0 unspecified atom stereocenters. The molecule has 0 bridgehead atoms. The first-order chi connectivity index (χ1) is 9.76. The highest BCUT2D eigenvalue weighted by atomic mass is 32.1. The smallest absolute Gasteiger partial charge is 0.212 e. The maximum atomic E-state index is 5.07. The third-order valence-corrected chi connectivity index (χ3v) is 4.11. The second kappa shape index (κ2) is 7.36. The average molecular weight is 291 g/mol. The normalized spacial score (nSPS) is 10.8. The number of pyridine rings is 1. The minimum atomic E-state index is 0.649. The van der Waals surface area contributed by atoms with E-state index in [2.05, 4.69) is 17.2 Å². The van der Waals surface area contributed by atoms with Crippen LogP contribution >= 0.6 is 11.3 Å². The van der Waals surface area contributed by atoms with E-state index in [4.69, 9.17) is 9.72 Å². The van der Waals surface area contributed by atoms with Crippen LogP contribution < -0.4 is 10.1 Å². The molecule has 2 aromatic rings. The molecule has 0 radical (unpaired) electrons. The maximum absolute atomic E-state index is 5.07. The van der Waals surface area contributed by atoms with E-state index in [0.717, 1.165) is 30.8 Å². The van der Waals surface area contributed by atoms with Gasteiger partial charge in [0.25, 0.3) is 0 Å². The molecule has 0 aliphatic rings. The standard InChI is InChI=1S/C15H21N3OS/c1-4-5-12-13(10-16-2)20-15(18-12)8-11-6-7-14(19-3)17-9-11/h6-7,9,16H,4-5,8,10H2,1-3H3. The summed E-state index contributed by atoms with van der Waals surface area (Å²) in [6, 6.07) is 3.94. The van der Waals surface area contributed by atoms with Crippen molar-refractivity contribution in [2.24, 2.45) is 0 Å². The lowest BCUT2D eigenvalue weighted by molar-refractivity contribution is 0.397. The first kappa shape index (κ1) is 14.9. The topological polar surface area (TPSA) is 47.0 Å². The van der Waals surface area contributed by atoms with Gasteiger partial charge in [-0.3, -0.25) is 0 Å². The number of nitrogens with zero attached hydrogens (tertiary/aromatic N) is 2. The van der Waals surface area contributed by atoms with Gasteiger partial charge in [-0.1, -0.05) is 19.4 Å². The highest BCUT2D eigenvalue weighted by Crippen LogP contribution is 2.22. The fourth-order valence-electron chi connectivity index (χ4n) is 2.05. The summed E-state index contributed by atoms with van der Waals surface area (Å²) in [7, 11) is 3.60. The molecule has 0 fully saturated rings. The Labute approximate surface area is 124 Å². The molecule has 0 aliphatic carbocycles. The van der Waals surface area contributed by atoms with Gasteiger partial charge in [0.1, 0.15) is 0 Å². The molecule has 1 N–H and O–H groups in total. The van der Waals surface area contributed by atoms with Gasteiger partial charge in [0.2, 0.25) is 5.88 Å². The number of aromatic nitrogens is 2. The summed E-state index contributed by atoms with van der Waals surface area (Å²) in [6.07, 6.45) is 4.87. The number of hydrogen-bond acceptors (Lipinski definition) is 5. The highest BCUT2D eigenvalue weighted by molar-refractivity contribution is 7.11. The van der Waals surface area contributed by atoms with Crippen molar-refractivity contribution in [1.29, 1.82) is 0 Å². The molecule has 20 heavy (non-hydrogen) atoms. The molecule has 0 saturated carbocycles. The Bertz CT molecular complexity index is 513. The van der Waals surface area contributed by atoms with Crippen LogP contribution in [0.5, 0.6) is 5.88 Å². The van der Waals surface area contributed by atoms with Crippen molar-refractivity contribution in [2.75, 3.05) is 14.2 Å². The van der Waals surface area contributed by atoms with E-state index >= 15 is 0 Å². The maximum Gasteiger partial charge on any atom is 0.212 e. The van der Waals surface area contributed by atoms with Crippen molar-refractivity contribution in [3.8, 4) is 5.88 Å². The van der Waals surface area contributed by atoms with E-state index < -0.39 is 0 Å². The summed E-state index contributed by atoms with van der Waals surface area (Å²) < 4.78 is 5.07. The Morgan fingerprint density at radius 3 is 2.80 bits per heavy atom. The van der Waals surface area contributed by atoms with Gasteiger partial charge in [-0.2, -0.15) is 0 Å². The first-order valence-electron chi connectivity index (χ1n) is 6.87. The molecular weight excluding hydrogens is 270 g/mol. The Balaban J connectivity index is 2.13. The van der Waals surface area contributed by atoms with Crippen molar-refractivity contribution in [2.45, 2.75) is 32.7 Å². The van der Waals surface area contributed by atoms with Gasteiger partial charge >= 0.3 is 0 Å². The van der Waals surface area contributed by atoms with Gasteiger partial charge in [0.15, 0.2) is 0 Å². The van der Waals surface area contributed by atoms with Crippen LogP contribution in [0.1, 0.15) is 34.5 Å². The highest BCUT2D eigenvalue weighted by Gasteiger charge is 2.10. The van der Waals surface area contributed by atoms with Crippen LogP contribution in [0, 0.1) is 0 Å². The lowest BCUT2D eigenvalue weighted by atomic mass is 10.2. The number of methoxy groups -OCH3 is 1. The Hall–Kier alpha value is -1.46. The zero-order chi connectivity index (χ0) is 14.4. The van der Waals surface area contributed by atoms with Gasteiger partial charge in [-0.15, -0.1) is 11.3 Å². The molecule has 0 spiro atoms. The predicted octanol–water partition coefficient (Wildman–Crippen LogP) is 2.81. The second-order valence-corrected chi connectivity index (χ2v) is 5.81. The first-order valence-corrected chi connectivity index (χ1v) is 7.69. The largest absolute Gasteiger partial charge is 0.481 e. The van der Waals surface area contributed by atoms with Crippen molar-refractivity contribution < 1.29 is 4.74 Å². The molecule has 0 aliphatic heterocycles. The molecule has 108 valence electrons. The molecule has 0 atom stereocenters. The summed E-state index contributed by atoms with van der Waals surface area (Å²) in [6.45, 7) is 3.09. The number of ether oxygens (including phenoxy) is 1. The monoisotopic (exact) mass is 291 g/mol. The zero-order valence-electron chi connectivity index (χ0n) is 12.3. The lowest BCUT2D eigenvalue weighted by Gasteiger charge is -2.00. The van der Waals surface area contributed by atoms with Crippen LogP contribution in [0.4, 0.5) is 0 Å². The lowest BCUT2D eigenvalue weighted by Crippen LogP contribution is -2.05. The fourth-order valence-corrected chi connectivity index (χ4v) is 3.22. The number of hydrogen-bond donors (Lipinski definition) is 1. The number of aryl methyl sites for hydroxylation is 1. The fraction of sp³-hybridized carbons (Fsp3) is 0.467. The Morgan fingerprint density at radius 2 is 2.20 bits per heavy atom. The molecule has 0 aromatic carbocycles. The van der Waals surface area contributed by atoms with E-state index in [1.165, 1.54) is 16.1 Å². The van der Waals surface area contributed by atoms with Crippen molar-refractivity contribution in [1.82, 2.24) is 15.3 Å². The molecule has 2 rings (SSSR count). The Morgan fingerprint density at radius 1 is 1.35 bits per heavy atom. The van der Waals surface area contributed by atoms with Gasteiger partial charge in [0, 0.05) is 30.1 Å². The summed E-state index contributed by atoms with van der Waals surface area (Å²) in [5.41, 5.74) is 2.40. The number of thiazole rings is 1. The van der Waals surface area contributed by atoms with E-state index in [1.807, 2.05) is 25.4 Å². The minimum absolute atomic E-state index is 0.649. The third kappa shape index (κ3) is 3.77. The summed E-state index contributed by atoms with van der Waals surface area (Å²) >= 11 is 1.80. The van der Waals surface area contributed by atoms with E-state index in [9.17, 15) is 0 Å². The van der Waals surface area contributed by atoms with E-state index in [0.29, 0.717) is 5.88 Å². The van der Waals surface area contributed by atoms with E-state index in [1.54, 1.807) is 18.4 Å². The van der Waals surface area contributed by atoms with Crippen LogP contribution in [0.3, 0.4) is 0 Å². The number of nitrogens with one attached hydrogen (secondary N) is 1. The quantitative estimate of drug-likeness (QED) is 0.852. The molecular formula is C15H21N3OS. The Kier molecular flexibility index (Phi) is 5.49. The molecule has 5 heteroatoms. The number of rotatable bonds is 7. The minimum Gasteiger partial charge on any atom is -0.481 e. The van der Waals surface area contributed by atoms with Crippen molar-refractivity contribution in [3.63, 3.8) is 0 Å². The second-order valence-electron chi connectivity index (χ2n) is 4.64. The van der Waals surface area contributed by atoms with Gasteiger partial charge < -0.3 is 10.1 Å². The van der Waals surface area contributed by atoms with Crippen LogP contribution in [0.15, 0.2) is 18.3 Å². The van der Waals surface area contributed by atoms with Crippen molar-refractivity contribution in [3.05, 3.63) is 39.5 Å². The summed E-state index contributed by atoms with van der Waals surface area (Å²) in [5, 5.41) is 4.37. The molecule has 0 amide bonds. The SMILES string of the molecule is CCCc1nc(Cc2ccc(OC)nc2)sc1CNC. The van der Waals surface area contributed by atoms with Gasteiger partial charge in [-0.05, 0) is 19.0 Å².